The first-order valence-corrected chi connectivity index (χ1v) is 14.7. The van der Waals surface area contributed by atoms with Crippen LogP contribution in [0, 0.1) is 20.8 Å². The summed E-state index contributed by atoms with van der Waals surface area (Å²) in [7, 11) is -4.09. The van der Waals surface area contributed by atoms with Crippen molar-refractivity contribution in [3.8, 4) is 0 Å². The number of nitrogens with one attached hydrogen (secondary N) is 1. The van der Waals surface area contributed by atoms with Gasteiger partial charge in [-0.2, -0.15) is 0 Å². The van der Waals surface area contributed by atoms with Gasteiger partial charge in [0.2, 0.25) is 11.8 Å². The Morgan fingerprint density at radius 2 is 1.46 bits per heavy atom. The molecule has 2 atom stereocenters. The van der Waals surface area contributed by atoms with Crippen LogP contribution in [0.5, 0.6) is 0 Å². The fourth-order valence-electron chi connectivity index (χ4n) is 4.26. The van der Waals surface area contributed by atoms with E-state index in [-0.39, 0.29) is 23.4 Å². The van der Waals surface area contributed by atoms with E-state index in [9.17, 15) is 18.0 Å². The Hall–Kier alpha value is -3.65. The van der Waals surface area contributed by atoms with E-state index in [1.165, 1.54) is 17.0 Å². The molecule has 0 aromatic heterocycles. The second-order valence-electron chi connectivity index (χ2n) is 9.99. The summed E-state index contributed by atoms with van der Waals surface area (Å²) in [6, 6.07) is 20.3. The normalized spacial score (nSPS) is 12.9. The Balaban J connectivity index is 2.07. The van der Waals surface area contributed by atoms with Gasteiger partial charge in [0.25, 0.3) is 10.0 Å². The summed E-state index contributed by atoms with van der Waals surface area (Å²) in [5, 5.41) is 2.96. The van der Waals surface area contributed by atoms with Crippen molar-refractivity contribution in [1.82, 2.24) is 10.2 Å². The summed E-state index contributed by atoms with van der Waals surface area (Å²) in [6.45, 7) is 11.0. The molecular formula is C31H39N3O4S. The van der Waals surface area contributed by atoms with Gasteiger partial charge in [-0.05, 0) is 81.5 Å². The van der Waals surface area contributed by atoms with Crippen LogP contribution >= 0.6 is 0 Å². The van der Waals surface area contributed by atoms with Gasteiger partial charge in [-0.3, -0.25) is 13.9 Å². The maximum Gasteiger partial charge on any atom is 0.264 e. The minimum atomic E-state index is -4.09. The number of anilines is 1. The number of benzene rings is 3. The number of aryl methyl sites for hydroxylation is 2. The van der Waals surface area contributed by atoms with E-state index in [1.54, 1.807) is 37.3 Å². The number of carbonyl (C=O) groups excluding carboxylic acids is 2. The van der Waals surface area contributed by atoms with Crippen LogP contribution in [-0.2, 0) is 26.2 Å². The van der Waals surface area contributed by atoms with Gasteiger partial charge in [-0.1, -0.05) is 61.5 Å². The Bertz CT molecular complexity index is 1410. The van der Waals surface area contributed by atoms with Gasteiger partial charge >= 0.3 is 0 Å². The number of carbonyl (C=O) groups is 2. The van der Waals surface area contributed by atoms with Crippen molar-refractivity contribution in [3.05, 3.63) is 95.1 Å². The Morgan fingerprint density at radius 1 is 0.846 bits per heavy atom. The van der Waals surface area contributed by atoms with Crippen molar-refractivity contribution in [1.29, 1.82) is 0 Å². The third kappa shape index (κ3) is 7.06. The Labute approximate surface area is 232 Å². The molecule has 0 radical (unpaired) electrons. The molecule has 0 aliphatic carbocycles. The molecule has 8 heteroatoms. The summed E-state index contributed by atoms with van der Waals surface area (Å²) in [5.74, 6) is -0.749. The first kappa shape index (κ1) is 29.9. The predicted molar refractivity (Wildman–Crippen MR) is 156 cm³/mol. The average Bonchev–Trinajstić information content (AvgIpc) is 2.92. The van der Waals surface area contributed by atoms with Crippen molar-refractivity contribution in [2.75, 3.05) is 10.8 Å². The van der Waals surface area contributed by atoms with E-state index in [4.69, 9.17) is 0 Å². The van der Waals surface area contributed by atoms with Gasteiger partial charge in [-0.25, -0.2) is 8.42 Å². The third-order valence-corrected chi connectivity index (χ3v) is 9.00. The Morgan fingerprint density at radius 3 is 2.10 bits per heavy atom. The third-order valence-electron chi connectivity index (χ3n) is 7.23. The molecule has 0 fully saturated rings. The number of hydrogen-bond acceptors (Lipinski definition) is 4. The highest BCUT2D eigenvalue weighted by Crippen LogP contribution is 2.29. The molecule has 7 nitrogen and oxygen atoms in total. The van der Waals surface area contributed by atoms with E-state index >= 15 is 0 Å². The van der Waals surface area contributed by atoms with Crippen molar-refractivity contribution in [2.45, 2.75) is 71.5 Å². The summed E-state index contributed by atoms with van der Waals surface area (Å²) in [6.07, 6.45) is 0.750. The first-order chi connectivity index (χ1) is 18.5. The first-order valence-electron chi connectivity index (χ1n) is 13.3. The predicted octanol–water partition coefficient (Wildman–Crippen LogP) is 5.14. The van der Waals surface area contributed by atoms with Crippen molar-refractivity contribution >= 4 is 27.5 Å². The SMILES string of the molecule is CC[C@@H](C)NC(=O)[C@H](C)N(Cc1ccccc1C)C(=O)CN(c1cccc(C)c1C)S(=O)(=O)c1ccccc1. The zero-order chi connectivity index (χ0) is 28.7. The van der Waals surface area contributed by atoms with Crippen LogP contribution in [0.3, 0.4) is 0 Å². The molecule has 0 bridgehead atoms. The van der Waals surface area contributed by atoms with E-state index in [1.807, 2.05) is 65.0 Å². The number of rotatable bonds is 11. The van der Waals surface area contributed by atoms with Gasteiger partial charge in [0, 0.05) is 12.6 Å². The zero-order valence-electron chi connectivity index (χ0n) is 23.6. The van der Waals surface area contributed by atoms with Gasteiger partial charge in [0.05, 0.1) is 10.6 Å². The van der Waals surface area contributed by atoms with Crippen LogP contribution in [-0.4, -0.2) is 43.8 Å². The van der Waals surface area contributed by atoms with Crippen molar-refractivity contribution in [2.24, 2.45) is 0 Å². The molecule has 0 heterocycles. The molecule has 0 unspecified atom stereocenters. The fraction of sp³-hybridized carbons (Fsp3) is 0.355. The second-order valence-corrected chi connectivity index (χ2v) is 11.8. The molecule has 0 aliphatic rings. The lowest BCUT2D eigenvalue weighted by molar-refractivity contribution is -0.139. The summed E-state index contributed by atoms with van der Waals surface area (Å²) >= 11 is 0. The molecular weight excluding hydrogens is 510 g/mol. The molecule has 3 aromatic rings. The van der Waals surface area contributed by atoms with Crippen LogP contribution in [0.4, 0.5) is 5.69 Å². The van der Waals surface area contributed by atoms with Crippen LogP contribution in [0.1, 0.15) is 49.4 Å². The molecule has 1 N–H and O–H groups in total. The summed E-state index contributed by atoms with van der Waals surface area (Å²) in [5.41, 5.74) is 3.97. The largest absolute Gasteiger partial charge is 0.352 e. The topological polar surface area (TPSA) is 86.8 Å². The van der Waals surface area contributed by atoms with Gasteiger partial charge in [0.1, 0.15) is 12.6 Å². The average molecular weight is 550 g/mol. The number of hydrogen-bond donors (Lipinski definition) is 1. The molecule has 39 heavy (non-hydrogen) atoms. The monoisotopic (exact) mass is 549 g/mol. The molecule has 3 aromatic carbocycles. The minimum Gasteiger partial charge on any atom is -0.352 e. The highest BCUT2D eigenvalue weighted by molar-refractivity contribution is 7.92. The zero-order valence-corrected chi connectivity index (χ0v) is 24.5. The number of amides is 2. The van der Waals surface area contributed by atoms with Gasteiger partial charge in [-0.15, -0.1) is 0 Å². The van der Waals surface area contributed by atoms with E-state index < -0.39 is 28.5 Å². The number of nitrogens with zero attached hydrogens (tertiary/aromatic N) is 2. The molecule has 0 spiro atoms. The van der Waals surface area contributed by atoms with Crippen LogP contribution in [0.2, 0.25) is 0 Å². The fourth-order valence-corrected chi connectivity index (χ4v) is 5.75. The van der Waals surface area contributed by atoms with Gasteiger partial charge < -0.3 is 10.2 Å². The number of sulfonamides is 1. The van der Waals surface area contributed by atoms with E-state index in [0.29, 0.717) is 5.69 Å². The maximum absolute atomic E-state index is 14.1. The smallest absolute Gasteiger partial charge is 0.264 e. The highest BCUT2D eigenvalue weighted by Gasteiger charge is 2.33. The van der Waals surface area contributed by atoms with Crippen molar-refractivity contribution < 1.29 is 18.0 Å². The minimum absolute atomic E-state index is 0.0553. The molecule has 208 valence electrons. The summed E-state index contributed by atoms with van der Waals surface area (Å²) < 4.78 is 29.0. The van der Waals surface area contributed by atoms with E-state index in [0.717, 1.165) is 33.0 Å². The molecule has 2 amide bonds. The Kier molecular flexibility index (Phi) is 9.92. The molecule has 0 saturated heterocycles. The van der Waals surface area contributed by atoms with E-state index in [2.05, 4.69) is 5.32 Å². The van der Waals surface area contributed by atoms with Crippen LogP contribution < -0.4 is 9.62 Å². The summed E-state index contributed by atoms with van der Waals surface area (Å²) in [4.78, 5) is 28.8. The molecule has 3 rings (SSSR count). The standard InChI is InChI=1S/C31H39N3O4S/c1-7-24(4)32-31(36)26(6)33(20-27-16-12-11-14-23(27)3)30(35)21-34(29-19-13-15-22(2)25(29)5)39(37,38)28-17-9-8-10-18-28/h8-19,24,26H,7,20-21H2,1-6H3,(H,32,36)/t24-,26+/m1/s1. The van der Waals surface area contributed by atoms with Crippen molar-refractivity contribution in [3.63, 3.8) is 0 Å². The lowest BCUT2D eigenvalue weighted by Gasteiger charge is -2.33. The quantitative estimate of drug-likeness (QED) is 0.359. The highest BCUT2D eigenvalue weighted by atomic mass is 32.2. The molecule has 0 saturated carbocycles. The lowest BCUT2D eigenvalue weighted by atomic mass is 10.1. The van der Waals surface area contributed by atoms with Crippen LogP contribution in [0.25, 0.3) is 0 Å². The van der Waals surface area contributed by atoms with Crippen LogP contribution in [0.15, 0.2) is 77.7 Å². The second kappa shape index (κ2) is 12.9. The van der Waals surface area contributed by atoms with Gasteiger partial charge in [0.15, 0.2) is 0 Å². The molecule has 0 aliphatic heterocycles. The lowest BCUT2D eigenvalue weighted by Crippen LogP contribution is -2.52. The maximum atomic E-state index is 14.1.